The molecule has 0 fully saturated rings. The number of aryl methyl sites for hydroxylation is 1. The number of hydrogen-bond donors (Lipinski definition) is 1. The predicted octanol–water partition coefficient (Wildman–Crippen LogP) is 5.00. The predicted molar refractivity (Wildman–Crippen MR) is 87.1 cm³/mol. The number of ether oxygens (including phenoxy) is 2. The molecule has 5 heteroatoms. The molecule has 0 bridgehead atoms. The van der Waals surface area contributed by atoms with Crippen LogP contribution in [-0.4, -0.2) is 11.9 Å². The summed E-state index contributed by atoms with van der Waals surface area (Å²) in [6.07, 6.45) is 0. The molecule has 1 aliphatic heterocycles. The van der Waals surface area contributed by atoms with Gasteiger partial charge in [-0.2, -0.15) is 5.11 Å². The van der Waals surface area contributed by atoms with Crippen LogP contribution in [0.15, 0.2) is 58.8 Å². The van der Waals surface area contributed by atoms with Gasteiger partial charge in [0.2, 0.25) is 6.79 Å². The Morgan fingerprint density at radius 3 is 2.65 bits per heavy atom. The lowest BCUT2D eigenvalue weighted by atomic mass is 10.1. The third kappa shape index (κ3) is 2.57. The molecule has 0 aromatic heterocycles. The third-order valence-corrected chi connectivity index (χ3v) is 3.72. The number of phenolic OH excluding ortho intramolecular Hbond substituents is 1. The molecular weight excluding hydrogens is 292 g/mol. The highest BCUT2D eigenvalue weighted by Gasteiger charge is 2.13. The topological polar surface area (TPSA) is 63.4 Å². The minimum Gasteiger partial charge on any atom is -0.506 e. The number of fused-ring (bicyclic) bond motifs is 2. The first-order chi connectivity index (χ1) is 11.2. The maximum Gasteiger partial charge on any atom is 0.231 e. The van der Waals surface area contributed by atoms with Crippen LogP contribution >= 0.6 is 0 Å². The maximum atomic E-state index is 10.1. The second-order valence-electron chi connectivity index (χ2n) is 5.43. The van der Waals surface area contributed by atoms with Gasteiger partial charge in [0.25, 0.3) is 0 Å². The van der Waals surface area contributed by atoms with Gasteiger partial charge in [0, 0.05) is 6.07 Å². The molecule has 1 N–H and O–H groups in total. The van der Waals surface area contributed by atoms with Gasteiger partial charge in [-0.05, 0) is 42.0 Å². The Bertz CT molecular complexity index is 935. The van der Waals surface area contributed by atoms with Crippen LogP contribution in [0.1, 0.15) is 5.56 Å². The van der Waals surface area contributed by atoms with Crippen molar-refractivity contribution in [2.75, 3.05) is 6.79 Å². The fourth-order valence-electron chi connectivity index (χ4n) is 2.53. The number of aromatic hydroxyl groups is 1. The number of benzene rings is 3. The van der Waals surface area contributed by atoms with Crippen molar-refractivity contribution < 1.29 is 14.6 Å². The van der Waals surface area contributed by atoms with E-state index in [4.69, 9.17) is 9.47 Å². The van der Waals surface area contributed by atoms with E-state index in [0.29, 0.717) is 22.9 Å². The molecule has 3 aromatic rings. The second kappa shape index (κ2) is 5.28. The Hall–Kier alpha value is -3.08. The van der Waals surface area contributed by atoms with Crippen LogP contribution in [0.3, 0.4) is 0 Å². The molecular formula is C18H14N2O3. The molecule has 0 saturated carbocycles. The van der Waals surface area contributed by atoms with E-state index in [2.05, 4.69) is 10.2 Å². The molecule has 5 nitrogen and oxygen atoms in total. The van der Waals surface area contributed by atoms with Crippen molar-refractivity contribution >= 4 is 22.1 Å². The molecule has 1 aliphatic rings. The van der Waals surface area contributed by atoms with Crippen molar-refractivity contribution in [1.29, 1.82) is 0 Å². The van der Waals surface area contributed by atoms with Gasteiger partial charge >= 0.3 is 0 Å². The Morgan fingerprint density at radius 2 is 1.74 bits per heavy atom. The lowest BCUT2D eigenvalue weighted by Crippen LogP contribution is -1.92. The molecule has 3 aromatic carbocycles. The van der Waals surface area contributed by atoms with Crippen molar-refractivity contribution in [2.45, 2.75) is 6.92 Å². The van der Waals surface area contributed by atoms with E-state index in [9.17, 15) is 5.11 Å². The summed E-state index contributed by atoms with van der Waals surface area (Å²) >= 11 is 0. The minimum atomic E-state index is 0.104. The average molecular weight is 306 g/mol. The van der Waals surface area contributed by atoms with Crippen LogP contribution in [-0.2, 0) is 0 Å². The van der Waals surface area contributed by atoms with Crippen LogP contribution in [0.25, 0.3) is 10.8 Å². The van der Waals surface area contributed by atoms with Crippen molar-refractivity contribution in [1.82, 2.24) is 0 Å². The van der Waals surface area contributed by atoms with E-state index < -0.39 is 0 Å². The Labute approximate surface area is 132 Å². The molecule has 114 valence electrons. The van der Waals surface area contributed by atoms with Crippen molar-refractivity contribution in [3.63, 3.8) is 0 Å². The zero-order valence-corrected chi connectivity index (χ0v) is 12.5. The van der Waals surface area contributed by atoms with E-state index in [-0.39, 0.29) is 12.5 Å². The normalized spacial score (nSPS) is 13.1. The van der Waals surface area contributed by atoms with Gasteiger partial charge in [-0.1, -0.05) is 23.8 Å². The van der Waals surface area contributed by atoms with Crippen LogP contribution in [0.2, 0.25) is 0 Å². The molecule has 0 radical (unpaired) electrons. The monoisotopic (exact) mass is 306 g/mol. The first-order valence-corrected chi connectivity index (χ1v) is 7.24. The number of azo groups is 1. The van der Waals surface area contributed by atoms with Crippen LogP contribution in [0.5, 0.6) is 17.2 Å². The molecule has 0 saturated heterocycles. The summed E-state index contributed by atoms with van der Waals surface area (Å²) in [4.78, 5) is 0. The second-order valence-corrected chi connectivity index (χ2v) is 5.43. The van der Waals surface area contributed by atoms with E-state index in [1.807, 2.05) is 31.2 Å². The van der Waals surface area contributed by atoms with Gasteiger partial charge in [-0.15, -0.1) is 5.11 Å². The largest absolute Gasteiger partial charge is 0.506 e. The molecule has 0 spiro atoms. The average Bonchev–Trinajstić information content (AvgIpc) is 3.00. The first-order valence-electron chi connectivity index (χ1n) is 7.24. The van der Waals surface area contributed by atoms with Gasteiger partial charge in [0.1, 0.15) is 11.4 Å². The lowest BCUT2D eigenvalue weighted by Gasteiger charge is -2.03. The van der Waals surface area contributed by atoms with Crippen molar-refractivity contribution in [3.05, 3.63) is 54.1 Å². The molecule has 0 atom stereocenters. The summed E-state index contributed by atoms with van der Waals surface area (Å²) in [6.45, 7) is 2.24. The standard InChI is InChI=1S/C18H14N2O3/c1-11-2-3-12-7-15(16(21)8-13(12)6-11)20-19-14-4-5-17-18(9-14)23-10-22-17/h2-9,21H,10H2,1H3/b20-19+. The summed E-state index contributed by atoms with van der Waals surface area (Å²) in [7, 11) is 0. The van der Waals surface area contributed by atoms with Gasteiger partial charge in [0.15, 0.2) is 11.5 Å². The van der Waals surface area contributed by atoms with Gasteiger partial charge in [0.05, 0.1) is 5.69 Å². The molecule has 4 rings (SSSR count). The zero-order valence-electron chi connectivity index (χ0n) is 12.5. The summed E-state index contributed by atoms with van der Waals surface area (Å²) in [5.41, 5.74) is 2.21. The van der Waals surface area contributed by atoms with Gasteiger partial charge < -0.3 is 14.6 Å². The zero-order chi connectivity index (χ0) is 15.8. The molecule has 23 heavy (non-hydrogen) atoms. The van der Waals surface area contributed by atoms with E-state index in [1.54, 1.807) is 24.3 Å². The van der Waals surface area contributed by atoms with E-state index >= 15 is 0 Å². The smallest absolute Gasteiger partial charge is 0.231 e. The summed E-state index contributed by atoms with van der Waals surface area (Å²) in [6, 6.07) is 14.9. The lowest BCUT2D eigenvalue weighted by molar-refractivity contribution is 0.174. The SMILES string of the molecule is Cc1ccc2cc(/N=N/c3ccc4c(c3)OCO4)c(O)cc2c1. The highest BCUT2D eigenvalue weighted by Crippen LogP contribution is 2.37. The fraction of sp³-hybridized carbons (Fsp3) is 0.111. The summed E-state index contributed by atoms with van der Waals surface area (Å²) in [5.74, 6) is 1.46. The van der Waals surface area contributed by atoms with Gasteiger partial charge in [-0.25, -0.2) is 0 Å². The van der Waals surface area contributed by atoms with Crippen molar-refractivity contribution in [3.8, 4) is 17.2 Å². The van der Waals surface area contributed by atoms with Crippen molar-refractivity contribution in [2.24, 2.45) is 10.2 Å². The quantitative estimate of drug-likeness (QED) is 0.678. The number of hydrogen-bond acceptors (Lipinski definition) is 5. The van der Waals surface area contributed by atoms with E-state index in [1.165, 1.54) is 0 Å². The molecule has 1 heterocycles. The number of phenols is 1. The van der Waals surface area contributed by atoms with Crippen LogP contribution < -0.4 is 9.47 Å². The third-order valence-electron chi connectivity index (χ3n) is 3.72. The Balaban J connectivity index is 1.69. The number of rotatable bonds is 2. The first kappa shape index (κ1) is 13.6. The Kier molecular flexibility index (Phi) is 3.12. The minimum absolute atomic E-state index is 0.104. The fourth-order valence-corrected chi connectivity index (χ4v) is 2.53. The highest BCUT2D eigenvalue weighted by atomic mass is 16.7. The summed E-state index contributed by atoms with van der Waals surface area (Å²) < 4.78 is 10.6. The van der Waals surface area contributed by atoms with Crippen LogP contribution in [0, 0.1) is 6.92 Å². The van der Waals surface area contributed by atoms with E-state index in [0.717, 1.165) is 16.3 Å². The molecule has 0 unspecified atom stereocenters. The Morgan fingerprint density at radius 1 is 0.870 bits per heavy atom. The molecule has 0 amide bonds. The number of nitrogens with zero attached hydrogens (tertiary/aromatic N) is 2. The summed E-state index contributed by atoms with van der Waals surface area (Å²) in [5, 5.41) is 20.4. The van der Waals surface area contributed by atoms with Gasteiger partial charge in [-0.3, -0.25) is 0 Å². The molecule has 0 aliphatic carbocycles. The maximum absolute atomic E-state index is 10.1. The van der Waals surface area contributed by atoms with Crippen LogP contribution in [0.4, 0.5) is 11.4 Å². The highest BCUT2D eigenvalue weighted by molar-refractivity contribution is 5.88.